The van der Waals surface area contributed by atoms with Crippen LogP contribution in [-0.2, 0) is 10.2 Å². The van der Waals surface area contributed by atoms with E-state index in [4.69, 9.17) is 5.26 Å². The number of carbonyl (C=O) groups is 1. The standard InChI is InChI=1S/C21H26N4O/c1-5-15(2)11-23-14-20(26)21(3,4)17-8-6-16(7-9-17)19-13-24-12-18(10-22)25-19/h6-9,12-13,15,23H,5,11,14H2,1-4H3/t15-/m0/s1. The Balaban J connectivity index is 2.10. The number of carbonyl (C=O) groups excluding carboxylic acids is 1. The van der Waals surface area contributed by atoms with Crippen molar-refractivity contribution in [3.63, 3.8) is 0 Å². The predicted molar refractivity (Wildman–Crippen MR) is 103 cm³/mol. The van der Waals surface area contributed by atoms with Crippen LogP contribution < -0.4 is 5.32 Å². The third-order valence-electron chi connectivity index (χ3n) is 4.82. The SMILES string of the molecule is CC[C@H](C)CNCC(=O)C(C)(C)c1ccc(-c2cncc(C#N)n2)cc1. The first-order valence-corrected chi connectivity index (χ1v) is 8.95. The van der Waals surface area contributed by atoms with Crippen LogP contribution in [0.25, 0.3) is 11.3 Å². The normalized spacial score (nSPS) is 12.4. The summed E-state index contributed by atoms with van der Waals surface area (Å²) in [6, 6.07) is 9.73. The van der Waals surface area contributed by atoms with Gasteiger partial charge >= 0.3 is 0 Å². The Bertz CT molecular complexity index is 790. The molecule has 1 aromatic heterocycles. The summed E-state index contributed by atoms with van der Waals surface area (Å²) in [5, 5.41) is 12.2. The summed E-state index contributed by atoms with van der Waals surface area (Å²) >= 11 is 0. The third kappa shape index (κ3) is 4.74. The van der Waals surface area contributed by atoms with Crippen LogP contribution in [-0.4, -0.2) is 28.8 Å². The lowest BCUT2D eigenvalue weighted by Gasteiger charge is -2.24. The summed E-state index contributed by atoms with van der Waals surface area (Å²) in [5.74, 6) is 0.732. The minimum absolute atomic E-state index is 0.167. The summed E-state index contributed by atoms with van der Waals surface area (Å²) in [6.45, 7) is 9.44. The smallest absolute Gasteiger partial charge is 0.159 e. The molecule has 0 saturated carbocycles. The molecule has 0 aliphatic carbocycles. The van der Waals surface area contributed by atoms with Gasteiger partial charge in [-0.3, -0.25) is 9.78 Å². The van der Waals surface area contributed by atoms with Gasteiger partial charge in [0.2, 0.25) is 0 Å². The number of ketones is 1. The van der Waals surface area contributed by atoms with Crippen molar-refractivity contribution in [1.29, 1.82) is 5.26 Å². The third-order valence-corrected chi connectivity index (χ3v) is 4.82. The number of nitriles is 1. The lowest BCUT2D eigenvalue weighted by atomic mass is 9.80. The van der Waals surface area contributed by atoms with Gasteiger partial charge in [-0.25, -0.2) is 4.98 Å². The molecule has 2 aromatic rings. The van der Waals surface area contributed by atoms with Crippen molar-refractivity contribution in [2.75, 3.05) is 13.1 Å². The van der Waals surface area contributed by atoms with Crippen molar-refractivity contribution in [3.8, 4) is 17.3 Å². The topological polar surface area (TPSA) is 78.7 Å². The Hall–Kier alpha value is -2.58. The Morgan fingerprint density at radius 2 is 1.96 bits per heavy atom. The van der Waals surface area contributed by atoms with E-state index < -0.39 is 5.41 Å². The van der Waals surface area contributed by atoms with Gasteiger partial charge < -0.3 is 5.32 Å². The molecule has 0 amide bonds. The number of benzene rings is 1. The number of nitrogens with one attached hydrogen (secondary N) is 1. The quantitative estimate of drug-likeness (QED) is 0.788. The highest BCUT2D eigenvalue weighted by Gasteiger charge is 2.29. The Kier molecular flexibility index (Phi) is 6.59. The summed E-state index contributed by atoms with van der Waals surface area (Å²) in [4.78, 5) is 20.9. The molecule has 26 heavy (non-hydrogen) atoms. The highest BCUT2D eigenvalue weighted by atomic mass is 16.1. The van der Waals surface area contributed by atoms with E-state index in [0.717, 1.165) is 24.1 Å². The molecule has 1 atom stereocenters. The van der Waals surface area contributed by atoms with Crippen molar-refractivity contribution >= 4 is 5.78 Å². The van der Waals surface area contributed by atoms with E-state index in [1.807, 2.05) is 44.2 Å². The molecular weight excluding hydrogens is 324 g/mol. The first-order valence-electron chi connectivity index (χ1n) is 8.95. The molecule has 5 heteroatoms. The van der Waals surface area contributed by atoms with E-state index in [9.17, 15) is 4.79 Å². The van der Waals surface area contributed by atoms with Gasteiger partial charge in [-0.05, 0) is 31.9 Å². The van der Waals surface area contributed by atoms with Gasteiger partial charge in [-0.15, -0.1) is 0 Å². The van der Waals surface area contributed by atoms with E-state index in [0.29, 0.717) is 18.2 Å². The molecule has 2 rings (SSSR count). The molecule has 136 valence electrons. The monoisotopic (exact) mass is 350 g/mol. The summed E-state index contributed by atoms with van der Waals surface area (Å²) in [5.41, 5.74) is 2.20. The Morgan fingerprint density at radius 1 is 1.27 bits per heavy atom. The van der Waals surface area contributed by atoms with E-state index in [-0.39, 0.29) is 11.5 Å². The second-order valence-corrected chi connectivity index (χ2v) is 7.17. The van der Waals surface area contributed by atoms with Gasteiger partial charge in [-0.2, -0.15) is 5.26 Å². The highest BCUT2D eigenvalue weighted by molar-refractivity contribution is 5.91. The maximum Gasteiger partial charge on any atom is 0.159 e. The minimum Gasteiger partial charge on any atom is -0.310 e. The van der Waals surface area contributed by atoms with Crippen LogP contribution in [0.3, 0.4) is 0 Å². The number of hydrogen-bond donors (Lipinski definition) is 1. The van der Waals surface area contributed by atoms with Gasteiger partial charge in [-0.1, -0.05) is 44.5 Å². The molecule has 1 heterocycles. The molecule has 1 aromatic carbocycles. The highest BCUT2D eigenvalue weighted by Crippen LogP contribution is 2.26. The first kappa shape index (κ1) is 19.7. The molecule has 0 aliphatic rings. The number of rotatable bonds is 8. The van der Waals surface area contributed by atoms with Crippen molar-refractivity contribution in [2.24, 2.45) is 5.92 Å². The average molecular weight is 350 g/mol. The van der Waals surface area contributed by atoms with Gasteiger partial charge in [0.15, 0.2) is 11.5 Å². The van der Waals surface area contributed by atoms with Crippen molar-refractivity contribution in [1.82, 2.24) is 15.3 Å². The Morgan fingerprint density at radius 3 is 2.58 bits per heavy atom. The van der Waals surface area contributed by atoms with Crippen LogP contribution in [0.15, 0.2) is 36.7 Å². The Labute approximate surface area is 155 Å². The lowest BCUT2D eigenvalue weighted by Crippen LogP contribution is -2.38. The van der Waals surface area contributed by atoms with Gasteiger partial charge in [0, 0.05) is 11.0 Å². The number of aromatic nitrogens is 2. The van der Waals surface area contributed by atoms with Crippen LogP contribution in [0.5, 0.6) is 0 Å². The van der Waals surface area contributed by atoms with Crippen molar-refractivity contribution in [3.05, 3.63) is 47.9 Å². The molecule has 0 spiro atoms. The predicted octanol–water partition coefficient (Wildman–Crippen LogP) is 3.50. The molecule has 0 aliphatic heterocycles. The van der Waals surface area contributed by atoms with E-state index >= 15 is 0 Å². The fourth-order valence-corrected chi connectivity index (χ4v) is 2.57. The zero-order chi connectivity index (χ0) is 19.2. The van der Waals surface area contributed by atoms with E-state index in [1.54, 1.807) is 6.20 Å². The molecule has 0 bridgehead atoms. The maximum absolute atomic E-state index is 12.7. The van der Waals surface area contributed by atoms with Gasteiger partial charge in [0.25, 0.3) is 0 Å². The van der Waals surface area contributed by atoms with Crippen molar-refractivity contribution in [2.45, 2.75) is 39.5 Å². The molecule has 0 fully saturated rings. The van der Waals surface area contributed by atoms with Crippen molar-refractivity contribution < 1.29 is 4.79 Å². The zero-order valence-electron chi connectivity index (χ0n) is 15.9. The maximum atomic E-state index is 12.7. The second kappa shape index (κ2) is 8.68. The average Bonchev–Trinajstić information content (AvgIpc) is 2.67. The van der Waals surface area contributed by atoms with Crippen LogP contribution in [0.4, 0.5) is 0 Å². The molecule has 1 N–H and O–H groups in total. The van der Waals surface area contributed by atoms with Gasteiger partial charge in [0.05, 0.1) is 24.6 Å². The molecule has 0 saturated heterocycles. The molecular formula is C21H26N4O. The van der Waals surface area contributed by atoms with E-state index in [2.05, 4.69) is 29.1 Å². The number of nitrogens with zero attached hydrogens (tertiary/aromatic N) is 3. The molecule has 0 unspecified atom stereocenters. The number of hydrogen-bond acceptors (Lipinski definition) is 5. The van der Waals surface area contributed by atoms with Gasteiger partial charge in [0.1, 0.15) is 6.07 Å². The lowest BCUT2D eigenvalue weighted by molar-refractivity contribution is -0.122. The van der Waals surface area contributed by atoms with E-state index in [1.165, 1.54) is 6.20 Å². The molecule has 5 nitrogen and oxygen atoms in total. The summed E-state index contributed by atoms with van der Waals surface area (Å²) in [6.07, 6.45) is 4.17. The summed E-state index contributed by atoms with van der Waals surface area (Å²) in [7, 11) is 0. The second-order valence-electron chi connectivity index (χ2n) is 7.17. The zero-order valence-corrected chi connectivity index (χ0v) is 15.9. The fraction of sp³-hybridized carbons (Fsp3) is 0.429. The minimum atomic E-state index is -0.568. The van der Waals surface area contributed by atoms with Crippen LogP contribution in [0.1, 0.15) is 45.4 Å². The first-order chi connectivity index (χ1) is 12.4. The van der Waals surface area contributed by atoms with Crippen LogP contribution in [0, 0.1) is 17.2 Å². The molecule has 0 radical (unpaired) electrons. The largest absolute Gasteiger partial charge is 0.310 e. The number of Topliss-reactive ketones (excluding diaryl/α,β-unsaturated/α-hetero) is 1. The fourth-order valence-electron chi connectivity index (χ4n) is 2.57. The van der Waals surface area contributed by atoms with Crippen LogP contribution in [0.2, 0.25) is 0 Å². The van der Waals surface area contributed by atoms with Crippen LogP contribution >= 0.6 is 0 Å². The summed E-state index contributed by atoms with van der Waals surface area (Å²) < 4.78 is 0.